The van der Waals surface area contributed by atoms with Crippen molar-refractivity contribution in [3.8, 4) is 11.1 Å². The largest absolute Gasteiger partial charge is 0.399 e. The Labute approximate surface area is 130 Å². The summed E-state index contributed by atoms with van der Waals surface area (Å²) in [5.41, 5.74) is 5.93. The van der Waals surface area contributed by atoms with E-state index in [0.29, 0.717) is 11.3 Å². The Hall–Kier alpha value is -2.42. The van der Waals surface area contributed by atoms with Crippen LogP contribution < -0.4 is 17.0 Å². The van der Waals surface area contributed by atoms with E-state index in [1.165, 1.54) is 10.8 Å². The van der Waals surface area contributed by atoms with E-state index in [0.717, 1.165) is 0 Å². The lowest BCUT2D eigenvalue weighted by Gasteiger charge is -2.15. The predicted molar refractivity (Wildman–Crippen MR) is 82.8 cm³/mol. The third-order valence-electron chi connectivity index (χ3n) is 3.88. The number of hydrogen-bond acceptors (Lipinski definition) is 6. The fraction of sp³-hybridized carbons (Fsp3) is 0.333. The molecule has 0 bridgehead atoms. The molecule has 1 aromatic heterocycles. The topological polar surface area (TPSA) is 131 Å². The van der Waals surface area contributed by atoms with Crippen LogP contribution in [0.1, 0.15) is 12.6 Å². The van der Waals surface area contributed by atoms with E-state index in [4.69, 9.17) is 15.6 Å². The maximum Gasteiger partial charge on any atom is 0.330 e. The highest BCUT2D eigenvalue weighted by Crippen LogP contribution is 2.28. The monoisotopic (exact) mass is 319 g/mol. The Balaban J connectivity index is 2.03. The van der Waals surface area contributed by atoms with Gasteiger partial charge in [-0.15, -0.1) is 0 Å². The van der Waals surface area contributed by atoms with Crippen LogP contribution in [0.4, 0.5) is 5.69 Å². The number of aliphatic hydroxyl groups is 2. The van der Waals surface area contributed by atoms with Crippen LogP contribution in [0, 0.1) is 0 Å². The predicted octanol–water partition coefficient (Wildman–Crippen LogP) is -0.574. The number of anilines is 1. The molecule has 0 unspecified atom stereocenters. The summed E-state index contributed by atoms with van der Waals surface area (Å²) >= 11 is 0. The molecule has 2 aromatic rings. The van der Waals surface area contributed by atoms with Gasteiger partial charge >= 0.3 is 5.69 Å². The van der Waals surface area contributed by atoms with Crippen LogP contribution in [0.25, 0.3) is 11.1 Å². The second kappa shape index (κ2) is 5.99. The molecule has 8 heteroatoms. The summed E-state index contributed by atoms with van der Waals surface area (Å²) in [6, 6.07) is 6.66. The zero-order chi connectivity index (χ0) is 16.6. The number of hydrogen-bond donors (Lipinski definition) is 4. The van der Waals surface area contributed by atoms with Crippen molar-refractivity contribution in [1.29, 1.82) is 0 Å². The van der Waals surface area contributed by atoms with Gasteiger partial charge in [0, 0.05) is 18.3 Å². The maximum absolute atomic E-state index is 12.0. The normalized spacial score (nSPS) is 24.0. The number of aromatic amines is 1. The molecular formula is C15H17N3O5. The number of nitrogens with two attached hydrogens (primary N) is 1. The highest BCUT2D eigenvalue weighted by Gasteiger charge is 2.35. The van der Waals surface area contributed by atoms with Crippen molar-refractivity contribution in [2.75, 3.05) is 12.3 Å². The molecule has 23 heavy (non-hydrogen) atoms. The van der Waals surface area contributed by atoms with Gasteiger partial charge in [-0.3, -0.25) is 14.3 Å². The van der Waals surface area contributed by atoms with Gasteiger partial charge in [-0.2, -0.15) is 0 Å². The Morgan fingerprint density at radius 2 is 2.00 bits per heavy atom. The Bertz CT molecular complexity index is 811. The molecule has 2 heterocycles. The molecule has 0 spiro atoms. The molecule has 1 aliphatic rings. The summed E-state index contributed by atoms with van der Waals surface area (Å²) in [5, 5.41) is 18.9. The van der Waals surface area contributed by atoms with Gasteiger partial charge in [-0.25, -0.2) is 4.79 Å². The van der Waals surface area contributed by atoms with Gasteiger partial charge in [0.1, 0.15) is 12.3 Å². The standard InChI is InChI=1S/C15H17N3O5/c16-9-3-1-8(2-4-9)10-6-18(15(22)17-14(10)21)13-5-11(20)12(7-19)23-13/h1-4,6,11-13,19-20H,5,7,16H2,(H,17,21,22)/t11-,12+,13+/m0/s1. The summed E-state index contributed by atoms with van der Waals surface area (Å²) in [5.74, 6) is 0. The zero-order valence-corrected chi connectivity index (χ0v) is 12.2. The molecule has 3 rings (SSSR count). The van der Waals surface area contributed by atoms with Gasteiger partial charge in [0.25, 0.3) is 5.56 Å². The smallest absolute Gasteiger partial charge is 0.330 e. The molecule has 1 fully saturated rings. The first kappa shape index (κ1) is 15.5. The summed E-state index contributed by atoms with van der Waals surface area (Å²) < 4.78 is 6.67. The summed E-state index contributed by atoms with van der Waals surface area (Å²) in [6.07, 6.45) is -0.830. The fourth-order valence-corrected chi connectivity index (χ4v) is 2.62. The summed E-state index contributed by atoms with van der Waals surface area (Å²) in [4.78, 5) is 26.3. The molecule has 8 nitrogen and oxygen atoms in total. The van der Waals surface area contributed by atoms with Crippen LogP contribution >= 0.6 is 0 Å². The van der Waals surface area contributed by atoms with Crippen LogP contribution in [0.3, 0.4) is 0 Å². The van der Waals surface area contributed by atoms with Crippen molar-refractivity contribution in [3.05, 3.63) is 51.3 Å². The van der Waals surface area contributed by atoms with E-state index in [1.807, 2.05) is 0 Å². The second-order valence-electron chi connectivity index (χ2n) is 5.45. The molecule has 1 aromatic carbocycles. The van der Waals surface area contributed by atoms with Crippen molar-refractivity contribution in [1.82, 2.24) is 9.55 Å². The molecule has 0 radical (unpaired) electrons. The third kappa shape index (κ3) is 2.91. The summed E-state index contributed by atoms with van der Waals surface area (Å²) in [6.45, 7) is -0.347. The number of nitrogens with one attached hydrogen (secondary N) is 1. The van der Waals surface area contributed by atoms with Crippen LogP contribution in [0.5, 0.6) is 0 Å². The van der Waals surface area contributed by atoms with Gasteiger partial charge in [-0.1, -0.05) is 12.1 Å². The zero-order valence-electron chi connectivity index (χ0n) is 12.2. The minimum absolute atomic E-state index is 0.151. The lowest BCUT2D eigenvalue weighted by atomic mass is 10.1. The molecule has 0 aliphatic carbocycles. The molecule has 122 valence electrons. The highest BCUT2D eigenvalue weighted by atomic mass is 16.5. The van der Waals surface area contributed by atoms with Crippen molar-refractivity contribution < 1.29 is 14.9 Å². The molecule has 0 amide bonds. The van der Waals surface area contributed by atoms with E-state index >= 15 is 0 Å². The Kier molecular flexibility index (Phi) is 4.03. The second-order valence-corrected chi connectivity index (χ2v) is 5.45. The van der Waals surface area contributed by atoms with Crippen molar-refractivity contribution >= 4 is 5.69 Å². The van der Waals surface area contributed by atoms with E-state index < -0.39 is 29.7 Å². The Morgan fingerprint density at radius 1 is 1.30 bits per heavy atom. The minimum atomic E-state index is -0.871. The fourth-order valence-electron chi connectivity index (χ4n) is 2.62. The Morgan fingerprint density at radius 3 is 2.61 bits per heavy atom. The SMILES string of the molecule is Nc1ccc(-c2cn([C@H]3C[C@H](O)[C@@H](CO)O3)c(=O)[nH]c2=O)cc1. The van der Waals surface area contributed by atoms with Gasteiger partial charge in [0.2, 0.25) is 0 Å². The molecular weight excluding hydrogens is 302 g/mol. The van der Waals surface area contributed by atoms with Gasteiger partial charge in [0.15, 0.2) is 0 Å². The third-order valence-corrected chi connectivity index (χ3v) is 3.88. The molecule has 5 N–H and O–H groups in total. The van der Waals surface area contributed by atoms with Gasteiger partial charge in [0.05, 0.1) is 18.3 Å². The molecule has 0 saturated carbocycles. The molecule has 1 saturated heterocycles. The van der Waals surface area contributed by atoms with Crippen LogP contribution in [0.15, 0.2) is 40.1 Å². The number of benzene rings is 1. The number of nitrogens with zero attached hydrogens (tertiary/aromatic N) is 1. The van der Waals surface area contributed by atoms with E-state index in [2.05, 4.69) is 4.98 Å². The van der Waals surface area contributed by atoms with Crippen LogP contribution in [0.2, 0.25) is 0 Å². The van der Waals surface area contributed by atoms with Gasteiger partial charge in [-0.05, 0) is 17.7 Å². The van der Waals surface area contributed by atoms with Crippen molar-refractivity contribution in [2.24, 2.45) is 0 Å². The van der Waals surface area contributed by atoms with Crippen LogP contribution in [-0.4, -0.2) is 38.6 Å². The van der Waals surface area contributed by atoms with E-state index in [9.17, 15) is 14.7 Å². The lowest BCUT2D eigenvalue weighted by Crippen LogP contribution is -2.33. The van der Waals surface area contributed by atoms with E-state index in [1.54, 1.807) is 24.3 Å². The first-order valence-corrected chi connectivity index (χ1v) is 7.15. The number of rotatable bonds is 3. The first-order chi connectivity index (χ1) is 11.0. The van der Waals surface area contributed by atoms with Gasteiger partial charge < -0.3 is 20.7 Å². The molecule has 1 aliphatic heterocycles. The average molecular weight is 319 g/mol. The lowest BCUT2D eigenvalue weighted by molar-refractivity contribution is -0.0458. The maximum atomic E-state index is 12.0. The van der Waals surface area contributed by atoms with Crippen LogP contribution in [-0.2, 0) is 4.74 Å². The van der Waals surface area contributed by atoms with Crippen molar-refractivity contribution in [2.45, 2.75) is 24.9 Å². The number of ether oxygens (including phenoxy) is 1. The average Bonchev–Trinajstić information content (AvgIpc) is 2.89. The number of aliphatic hydroxyl groups excluding tert-OH is 2. The van der Waals surface area contributed by atoms with Crippen molar-refractivity contribution in [3.63, 3.8) is 0 Å². The summed E-state index contributed by atoms with van der Waals surface area (Å²) in [7, 11) is 0. The quantitative estimate of drug-likeness (QED) is 0.560. The number of aromatic nitrogens is 2. The van der Waals surface area contributed by atoms with E-state index in [-0.39, 0.29) is 18.6 Å². The molecule has 3 atom stereocenters. The number of H-pyrrole nitrogens is 1. The highest BCUT2D eigenvalue weighted by molar-refractivity contribution is 5.63. The number of nitrogen functional groups attached to an aromatic ring is 1. The minimum Gasteiger partial charge on any atom is -0.399 e. The first-order valence-electron chi connectivity index (χ1n) is 7.15.